The first-order valence-electron chi connectivity index (χ1n) is 10.4. The van der Waals surface area contributed by atoms with Crippen molar-refractivity contribution >= 4 is 5.96 Å². The van der Waals surface area contributed by atoms with Crippen molar-refractivity contribution in [1.29, 1.82) is 0 Å². The van der Waals surface area contributed by atoms with Gasteiger partial charge in [0.05, 0.1) is 12.6 Å². The predicted molar refractivity (Wildman–Crippen MR) is 115 cm³/mol. The maximum Gasteiger partial charge on any atom is 0.191 e. The van der Waals surface area contributed by atoms with Crippen molar-refractivity contribution in [3.63, 3.8) is 0 Å². The van der Waals surface area contributed by atoms with Gasteiger partial charge in [-0.3, -0.25) is 4.99 Å². The number of likely N-dealkylation sites (tertiary alicyclic amines) is 1. The Balaban J connectivity index is 1.74. The van der Waals surface area contributed by atoms with E-state index in [2.05, 4.69) is 60.5 Å². The van der Waals surface area contributed by atoms with E-state index >= 15 is 0 Å². The summed E-state index contributed by atoms with van der Waals surface area (Å²) in [7, 11) is 4.05. The van der Waals surface area contributed by atoms with Gasteiger partial charge < -0.3 is 20.3 Å². The Morgan fingerprint density at radius 1 is 1.19 bits per heavy atom. The maximum atomic E-state index is 5.76. The molecule has 1 heterocycles. The first-order chi connectivity index (χ1) is 13.0. The van der Waals surface area contributed by atoms with E-state index in [4.69, 9.17) is 4.74 Å². The molecule has 5 heteroatoms. The molecule has 152 valence electrons. The number of ether oxygens (including phenoxy) is 1. The molecule has 0 amide bonds. The highest BCUT2D eigenvalue weighted by Crippen LogP contribution is 2.19. The van der Waals surface area contributed by atoms with Gasteiger partial charge in [-0.05, 0) is 75.9 Å². The topological polar surface area (TPSA) is 48.9 Å². The lowest BCUT2D eigenvalue weighted by Crippen LogP contribution is -2.40. The Hall–Kier alpha value is -1.75. The molecule has 0 saturated carbocycles. The molecule has 1 aliphatic heterocycles. The van der Waals surface area contributed by atoms with Crippen molar-refractivity contribution < 1.29 is 4.74 Å². The van der Waals surface area contributed by atoms with Crippen LogP contribution in [0.2, 0.25) is 0 Å². The number of benzene rings is 1. The first-order valence-corrected chi connectivity index (χ1v) is 10.4. The summed E-state index contributed by atoms with van der Waals surface area (Å²) >= 11 is 0. The lowest BCUT2D eigenvalue weighted by Gasteiger charge is -2.29. The minimum absolute atomic E-state index is 0.193. The predicted octanol–water partition coefficient (Wildman–Crippen LogP) is 3.68. The number of hydrogen-bond acceptors (Lipinski definition) is 3. The van der Waals surface area contributed by atoms with E-state index in [1.54, 1.807) is 0 Å². The fourth-order valence-corrected chi connectivity index (χ4v) is 3.34. The quantitative estimate of drug-likeness (QED) is 0.538. The fraction of sp³-hybridized carbons (Fsp3) is 0.682. The molecule has 1 aromatic rings. The van der Waals surface area contributed by atoms with E-state index in [9.17, 15) is 0 Å². The normalized spacial score (nSPS) is 17.8. The Morgan fingerprint density at radius 3 is 2.44 bits per heavy atom. The van der Waals surface area contributed by atoms with Gasteiger partial charge in [0.25, 0.3) is 0 Å². The van der Waals surface area contributed by atoms with Gasteiger partial charge in [0.15, 0.2) is 5.96 Å². The summed E-state index contributed by atoms with van der Waals surface area (Å²) in [5.41, 5.74) is 1.23. The largest absolute Gasteiger partial charge is 0.493 e. The molecule has 0 aromatic heterocycles. The van der Waals surface area contributed by atoms with Crippen LogP contribution in [0.15, 0.2) is 29.3 Å². The van der Waals surface area contributed by atoms with E-state index in [1.165, 1.54) is 37.9 Å². The van der Waals surface area contributed by atoms with E-state index < -0.39 is 0 Å². The van der Waals surface area contributed by atoms with E-state index in [0.717, 1.165) is 30.8 Å². The van der Waals surface area contributed by atoms with Gasteiger partial charge in [0, 0.05) is 13.6 Å². The van der Waals surface area contributed by atoms with Crippen LogP contribution in [-0.4, -0.2) is 51.2 Å². The molecule has 2 N–H and O–H groups in total. The molecule has 2 rings (SSSR count). The monoisotopic (exact) mass is 374 g/mol. The molecule has 0 aliphatic carbocycles. The van der Waals surface area contributed by atoms with Crippen LogP contribution in [-0.2, 0) is 0 Å². The molecule has 1 atom stereocenters. The molecule has 0 radical (unpaired) electrons. The molecule has 1 aromatic carbocycles. The average molecular weight is 375 g/mol. The Morgan fingerprint density at radius 2 is 1.85 bits per heavy atom. The maximum absolute atomic E-state index is 5.76. The van der Waals surface area contributed by atoms with Crippen LogP contribution in [0, 0.1) is 11.8 Å². The molecular formula is C22H38N4O. The SMILES string of the molecule is CN=C(NCCC1CCN(C)CC1)NC(C)c1ccc(OCC(C)C)cc1. The number of nitrogens with zero attached hydrogens (tertiary/aromatic N) is 2. The van der Waals surface area contributed by atoms with Gasteiger partial charge in [-0.2, -0.15) is 0 Å². The molecule has 5 nitrogen and oxygen atoms in total. The molecular weight excluding hydrogens is 336 g/mol. The zero-order valence-electron chi connectivity index (χ0n) is 17.8. The van der Waals surface area contributed by atoms with Gasteiger partial charge in [-0.25, -0.2) is 0 Å². The van der Waals surface area contributed by atoms with Gasteiger partial charge in [0.1, 0.15) is 5.75 Å². The summed E-state index contributed by atoms with van der Waals surface area (Å²) in [4.78, 5) is 6.80. The Labute approximate surface area is 165 Å². The highest BCUT2D eigenvalue weighted by molar-refractivity contribution is 5.80. The smallest absolute Gasteiger partial charge is 0.191 e. The third-order valence-electron chi connectivity index (χ3n) is 5.22. The number of rotatable bonds is 8. The average Bonchev–Trinajstić information content (AvgIpc) is 2.67. The number of aliphatic imine (C=N–C) groups is 1. The summed E-state index contributed by atoms with van der Waals surface area (Å²) in [6, 6.07) is 8.54. The second-order valence-electron chi connectivity index (χ2n) is 8.17. The minimum atomic E-state index is 0.193. The molecule has 0 bridgehead atoms. The summed E-state index contributed by atoms with van der Waals surface area (Å²) in [6.07, 6.45) is 3.84. The molecule has 1 aliphatic rings. The van der Waals surface area contributed by atoms with Crippen molar-refractivity contribution in [2.75, 3.05) is 40.3 Å². The number of piperidine rings is 1. The molecule has 1 fully saturated rings. The van der Waals surface area contributed by atoms with Crippen molar-refractivity contribution in [3.05, 3.63) is 29.8 Å². The van der Waals surface area contributed by atoms with Gasteiger partial charge in [0.2, 0.25) is 0 Å². The van der Waals surface area contributed by atoms with Crippen molar-refractivity contribution in [3.8, 4) is 5.75 Å². The zero-order chi connectivity index (χ0) is 19.6. The number of nitrogens with one attached hydrogen (secondary N) is 2. The number of guanidine groups is 1. The van der Waals surface area contributed by atoms with Crippen molar-refractivity contribution in [2.24, 2.45) is 16.8 Å². The molecule has 1 saturated heterocycles. The van der Waals surface area contributed by atoms with Crippen LogP contribution in [0.4, 0.5) is 0 Å². The first kappa shape index (κ1) is 21.5. The van der Waals surface area contributed by atoms with Gasteiger partial charge in [-0.1, -0.05) is 26.0 Å². The van der Waals surface area contributed by atoms with Gasteiger partial charge in [-0.15, -0.1) is 0 Å². The van der Waals surface area contributed by atoms with Crippen LogP contribution in [0.3, 0.4) is 0 Å². The van der Waals surface area contributed by atoms with E-state index in [0.29, 0.717) is 5.92 Å². The summed E-state index contributed by atoms with van der Waals surface area (Å²) in [6.45, 7) is 10.7. The molecule has 0 spiro atoms. The zero-order valence-corrected chi connectivity index (χ0v) is 17.8. The number of hydrogen-bond donors (Lipinski definition) is 2. The highest BCUT2D eigenvalue weighted by atomic mass is 16.5. The van der Waals surface area contributed by atoms with Crippen LogP contribution in [0.1, 0.15) is 51.6 Å². The van der Waals surface area contributed by atoms with E-state index in [1.807, 2.05) is 19.2 Å². The van der Waals surface area contributed by atoms with Gasteiger partial charge >= 0.3 is 0 Å². The standard InChI is InChI=1S/C22H38N4O/c1-17(2)16-27-21-8-6-20(7-9-21)18(3)25-22(23-4)24-13-10-19-11-14-26(5)15-12-19/h6-9,17-19H,10-16H2,1-5H3,(H2,23,24,25). The van der Waals surface area contributed by atoms with Crippen LogP contribution in [0.25, 0.3) is 0 Å². The van der Waals surface area contributed by atoms with Crippen molar-refractivity contribution in [1.82, 2.24) is 15.5 Å². The summed E-state index contributed by atoms with van der Waals surface area (Å²) in [5, 5.41) is 6.96. The highest BCUT2D eigenvalue weighted by Gasteiger charge is 2.16. The summed E-state index contributed by atoms with van der Waals surface area (Å²) < 4.78 is 5.76. The third-order valence-corrected chi connectivity index (χ3v) is 5.22. The summed E-state index contributed by atoms with van der Waals surface area (Å²) in [5.74, 6) is 3.17. The molecule has 1 unspecified atom stereocenters. The van der Waals surface area contributed by atoms with E-state index in [-0.39, 0.29) is 6.04 Å². The van der Waals surface area contributed by atoms with Crippen LogP contribution >= 0.6 is 0 Å². The Bertz CT molecular complexity index is 562. The van der Waals surface area contributed by atoms with Crippen LogP contribution in [0.5, 0.6) is 5.75 Å². The second kappa shape index (κ2) is 11.2. The van der Waals surface area contributed by atoms with Crippen LogP contribution < -0.4 is 15.4 Å². The minimum Gasteiger partial charge on any atom is -0.493 e. The third kappa shape index (κ3) is 7.79. The lowest BCUT2D eigenvalue weighted by atomic mass is 9.94. The molecule has 27 heavy (non-hydrogen) atoms. The Kier molecular flexibility index (Phi) is 8.92. The second-order valence-corrected chi connectivity index (χ2v) is 8.17. The fourth-order valence-electron chi connectivity index (χ4n) is 3.34. The van der Waals surface area contributed by atoms with Crippen molar-refractivity contribution in [2.45, 2.75) is 46.1 Å². The lowest BCUT2D eigenvalue weighted by molar-refractivity contribution is 0.213.